The van der Waals surface area contributed by atoms with E-state index in [-0.39, 0.29) is 6.61 Å². The van der Waals surface area contributed by atoms with Crippen molar-refractivity contribution in [1.82, 2.24) is 24.4 Å². The quantitative estimate of drug-likeness (QED) is 0.508. The van der Waals surface area contributed by atoms with Gasteiger partial charge >= 0.3 is 0 Å². The Hall–Kier alpha value is -2.58. The van der Waals surface area contributed by atoms with E-state index in [1.165, 1.54) is 16.7 Å². The molecule has 7 heteroatoms. The minimum absolute atomic E-state index is 0.170. The molecule has 0 amide bonds. The minimum Gasteiger partial charge on any atom is -0.394 e. The summed E-state index contributed by atoms with van der Waals surface area (Å²) in [7, 11) is 0. The van der Waals surface area contributed by atoms with Crippen molar-refractivity contribution in [3.8, 4) is 0 Å². The monoisotopic (exact) mass is 463 g/mol. The first kappa shape index (κ1) is 24.5. The summed E-state index contributed by atoms with van der Waals surface area (Å²) in [6.07, 6.45) is 5.51. The van der Waals surface area contributed by atoms with Crippen LogP contribution < -0.4 is 0 Å². The van der Waals surface area contributed by atoms with Crippen LogP contribution in [0.5, 0.6) is 0 Å². The van der Waals surface area contributed by atoms with Gasteiger partial charge in [-0.25, -0.2) is 9.50 Å². The smallest absolute Gasteiger partial charge is 0.159 e. The molecule has 34 heavy (non-hydrogen) atoms. The molecule has 7 nitrogen and oxygen atoms in total. The van der Waals surface area contributed by atoms with Gasteiger partial charge in [0.25, 0.3) is 0 Å². The lowest BCUT2D eigenvalue weighted by Crippen LogP contribution is -2.48. The van der Waals surface area contributed by atoms with Gasteiger partial charge in [-0.15, -0.1) is 0 Å². The van der Waals surface area contributed by atoms with Crippen LogP contribution in [0.2, 0.25) is 0 Å². The summed E-state index contributed by atoms with van der Waals surface area (Å²) in [4.78, 5) is 9.42. The van der Waals surface area contributed by atoms with E-state index in [4.69, 9.17) is 15.2 Å². The summed E-state index contributed by atoms with van der Waals surface area (Å²) >= 11 is 0. The Morgan fingerprint density at radius 1 is 1.06 bits per heavy atom. The van der Waals surface area contributed by atoms with Gasteiger partial charge < -0.3 is 10.2 Å². The minimum atomic E-state index is -0.639. The Morgan fingerprint density at radius 3 is 2.44 bits per heavy atom. The molecular formula is C27H37N5O2. The average molecular weight is 464 g/mol. The van der Waals surface area contributed by atoms with Crippen LogP contribution in [0.15, 0.2) is 36.4 Å². The van der Waals surface area contributed by atoms with Crippen molar-refractivity contribution >= 4 is 11.7 Å². The van der Waals surface area contributed by atoms with Crippen molar-refractivity contribution in [1.29, 1.82) is 0 Å². The molecule has 2 aromatic heterocycles. The molecule has 0 spiro atoms. The summed E-state index contributed by atoms with van der Waals surface area (Å²) in [5.74, 6) is 0. The number of rotatable bonds is 9. The van der Waals surface area contributed by atoms with E-state index in [2.05, 4.69) is 66.1 Å². The standard InChI is InChI=1S/C27H37N5O2/c1-4-26-25(27-28-20(2)16-21(3)32(27)29-26)17-23-9-7-22(8-10-23)6-5-11-30-12-14-31(15-13-30)18-24(34)19-33/h5-10,16,24,33-34H,4,11-15,17-19H2,1-3H3/t24-/m1/s1. The Kier molecular flexibility index (Phi) is 8.11. The third-order valence-corrected chi connectivity index (χ3v) is 6.59. The maximum absolute atomic E-state index is 9.61. The van der Waals surface area contributed by atoms with Crippen molar-refractivity contribution in [2.45, 2.75) is 39.7 Å². The number of aromatic nitrogens is 3. The zero-order chi connectivity index (χ0) is 24.1. The zero-order valence-corrected chi connectivity index (χ0v) is 20.6. The Balaban J connectivity index is 1.34. The van der Waals surface area contributed by atoms with E-state index in [0.717, 1.165) is 68.3 Å². The molecule has 0 unspecified atom stereocenters. The fourth-order valence-electron chi connectivity index (χ4n) is 4.67. The fraction of sp³-hybridized carbons (Fsp3) is 0.481. The molecule has 4 rings (SSSR count). The molecule has 3 heterocycles. The molecule has 0 bridgehead atoms. The maximum Gasteiger partial charge on any atom is 0.159 e. The van der Waals surface area contributed by atoms with Crippen molar-refractivity contribution < 1.29 is 10.2 Å². The van der Waals surface area contributed by atoms with Gasteiger partial charge in [0.1, 0.15) is 0 Å². The van der Waals surface area contributed by atoms with Crippen molar-refractivity contribution in [3.05, 3.63) is 70.2 Å². The SMILES string of the molecule is CCc1nn2c(C)cc(C)nc2c1Cc1ccc(C=CCN2CCN(C[C@@H](O)CO)CC2)cc1. The molecule has 2 N–H and O–H groups in total. The highest BCUT2D eigenvalue weighted by molar-refractivity contribution is 5.55. The van der Waals surface area contributed by atoms with Gasteiger partial charge in [-0.05, 0) is 37.5 Å². The summed E-state index contributed by atoms with van der Waals surface area (Å²) in [6.45, 7) is 11.4. The molecule has 1 fully saturated rings. The summed E-state index contributed by atoms with van der Waals surface area (Å²) in [6, 6.07) is 10.8. The Morgan fingerprint density at radius 2 is 1.76 bits per heavy atom. The highest BCUT2D eigenvalue weighted by atomic mass is 16.3. The first-order chi connectivity index (χ1) is 16.5. The summed E-state index contributed by atoms with van der Waals surface area (Å²) in [5, 5.41) is 23.4. The third-order valence-electron chi connectivity index (χ3n) is 6.59. The zero-order valence-electron chi connectivity index (χ0n) is 20.6. The average Bonchev–Trinajstić information content (AvgIpc) is 3.19. The molecular weight excluding hydrogens is 426 g/mol. The lowest BCUT2D eigenvalue weighted by Gasteiger charge is -2.34. The van der Waals surface area contributed by atoms with Crippen LogP contribution in [-0.2, 0) is 12.8 Å². The van der Waals surface area contributed by atoms with E-state index >= 15 is 0 Å². The topological polar surface area (TPSA) is 77.1 Å². The first-order valence-electron chi connectivity index (χ1n) is 12.3. The van der Waals surface area contributed by atoms with Crippen LogP contribution in [-0.4, -0.2) is 86.6 Å². The molecule has 1 saturated heterocycles. The maximum atomic E-state index is 9.61. The Labute approximate surface area is 202 Å². The van der Waals surface area contributed by atoms with Crippen LogP contribution >= 0.6 is 0 Å². The number of nitrogens with zero attached hydrogens (tertiary/aromatic N) is 5. The van der Waals surface area contributed by atoms with Gasteiger partial charge in [0.15, 0.2) is 5.65 Å². The van der Waals surface area contributed by atoms with Crippen LogP contribution in [0, 0.1) is 13.8 Å². The number of aliphatic hydroxyl groups is 2. The second kappa shape index (κ2) is 11.2. The molecule has 1 atom stereocenters. The van der Waals surface area contributed by atoms with E-state index in [0.29, 0.717) is 6.54 Å². The van der Waals surface area contributed by atoms with Crippen LogP contribution in [0.4, 0.5) is 0 Å². The molecule has 0 aliphatic carbocycles. The van der Waals surface area contributed by atoms with Crippen LogP contribution in [0.3, 0.4) is 0 Å². The van der Waals surface area contributed by atoms with Gasteiger partial charge in [-0.2, -0.15) is 5.10 Å². The summed E-state index contributed by atoms with van der Waals surface area (Å²) in [5.41, 5.74) is 7.94. The second-order valence-corrected chi connectivity index (χ2v) is 9.31. The van der Waals surface area contributed by atoms with E-state index in [1.54, 1.807) is 0 Å². The normalized spacial score (nSPS) is 16.6. The molecule has 3 aromatic rings. The predicted molar refractivity (Wildman–Crippen MR) is 136 cm³/mol. The largest absolute Gasteiger partial charge is 0.394 e. The predicted octanol–water partition coefficient (Wildman–Crippen LogP) is 2.48. The summed E-state index contributed by atoms with van der Waals surface area (Å²) < 4.78 is 1.98. The molecule has 0 saturated carbocycles. The molecule has 1 aliphatic rings. The van der Waals surface area contributed by atoms with E-state index in [1.807, 2.05) is 11.4 Å². The lowest BCUT2D eigenvalue weighted by atomic mass is 10.0. The number of aliphatic hydroxyl groups excluding tert-OH is 2. The molecule has 0 radical (unpaired) electrons. The fourth-order valence-corrected chi connectivity index (χ4v) is 4.67. The number of hydrogen-bond acceptors (Lipinski definition) is 6. The lowest BCUT2D eigenvalue weighted by molar-refractivity contribution is 0.0414. The number of benzene rings is 1. The molecule has 182 valence electrons. The second-order valence-electron chi connectivity index (χ2n) is 9.31. The Bertz CT molecular complexity index is 1110. The van der Waals surface area contributed by atoms with Gasteiger partial charge in [0.05, 0.1) is 18.4 Å². The number of β-amino-alcohol motifs (C(OH)–C–C–N with tert-alkyl or cyclic N) is 1. The molecule has 1 aliphatic heterocycles. The van der Waals surface area contributed by atoms with E-state index in [9.17, 15) is 5.11 Å². The number of piperazine rings is 1. The van der Waals surface area contributed by atoms with Gasteiger partial charge in [-0.1, -0.05) is 43.3 Å². The third kappa shape index (κ3) is 5.91. The van der Waals surface area contributed by atoms with Gasteiger partial charge in [-0.3, -0.25) is 9.80 Å². The number of fused-ring (bicyclic) bond motifs is 1. The first-order valence-corrected chi connectivity index (χ1v) is 12.3. The highest BCUT2D eigenvalue weighted by Crippen LogP contribution is 2.21. The van der Waals surface area contributed by atoms with Crippen LogP contribution in [0.1, 0.15) is 40.7 Å². The van der Waals surface area contributed by atoms with Crippen molar-refractivity contribution in [2.75, 3.05) is 45.9 Å². The van der Waals surface area contributed by atoms with E-state index < -0.39 is 6.10 Å². The highest BCUT2D eigenvalue weighted by Gasteiger charge is 2.18. The number of hydrogen-bond donors (Lipinski definition) is 2. The van der Waals surface area contributed by atoms with Crippen molar-refractivity contribution in [3.63, 3.8) is 0 Å². The van der Waals surface area contributed by atoms with Gasteiger partial charge in [0.2, 0.25) is 0 Å². The van der Waals surface area contributed by atoms with Gasteiger partial charge in [0, 0.05) is 62.6 Å². The van der Waals surface area contributed by atoms with Crippen molar-refractivity contribution in [2.24, 2.45) is 0 Å². The van der Waals surface area contributed by atoms with Crippen LogP contribution in [0.25, 0.3) is 11.7 Å². The molecule has 1 aromatic carbocycles. The number of aryl methyl sites for hydroxylation is 3.